The van der Waals surface area contributed by atoms with Gasteiger partial charge in [0, 0.05) is 12.3 Å². The molecule has 0 bridgehead atoms. The van der Waals surface area contributed by atoms with Gasteiger partial charge in [0.25, 0.3) is 0 Å². The molecular weight excluding hydrogens is 264 g/mol. The van der Waals surface area contributed by atoms with Gasteiger partial charge in [-0.1, -0.05) is 13.3 Å². The van der Waals surface area contributed by atoms with Crippen molar-refractivity contribution in [3.8, 4) is 6.07 Å². The molecule has 0 saturated carbocycles. The molecule has 1 unspecified atom stereocenters. The molecule has 1 aromatic heterocycles. The Labute approximate surface area is 115 Å². The first-order chi connectivity index (χ1) is 9.34. The second kappa shape index (κ2) is 5.97. The third-order valence-corrected chi connectivity index (χ3v) is 2.81. The lowest BCUT2D eigenvalue weighted by Crippen LogP contribution is -2.43. The van der Waals surface area contributed by atoms with E-state index in [4.69, 9.17) is 5.26 Å². The summed E-state index contributed by atoms with van der Waals surface area (Å²) in [5, 5.41) is 31.5. The molecule has 0 spiro atoms. The Kier molecular flexibility index (Phi) is 4.59. The number of aromatic nitrogens is 1. The second-order valence-electron chi connectivity index (χ2n) is 4.47. The number of nitro groups is 1. The molecule has 0 radical (unpaired) electrons. The van der Waals surface area contributed by atoms with Crippen molar-refractivity contribution < 1.29 is 14.8 Å². The quantitative estimate of drug-likeness (QED) is 0.600. The molecule has 0 amide bonds. The van der Waals surface area contributed by atoms with Gasteiger partial charge < -0.3 is 10.4 Å². The van der Waals surface area contributed by atoms with Crippen LogP contribution in [0.3, 0.4) is 0 Å². The maximum Gasteiger partial charge on any atom is 0.329 e. The van der Waals surface area contributed by atoms with E-state index in [1.54, 1.807) is 6.07 Å². The summed E-state index contributed by atoms with van der Waals surface area (Å²) in [7, 11) is 0. The monoisotopic (exact) mass is 278 g/mol. The molecule has 106 valence electrons. The van der Waals surface area contributed by atoms with Crippen molar-refractivity contribution in [3.63, 3.8) is 0 Å². The van der Waals surface area contributed by atoms with Gasteiger partial charge in [-0.15, -0.1) is 0 Å². The van der Waals surface area contributed by atoms with Gasteiger partial charge in [0.1, 0.15) is 11.6 Å². The van der Waals surface area contributed by atoms with Crippen LogP contribution in [0.4, 0.5) is 11.5 Å². The van der Waals surface area contributed by atoms with E-state index in [9.17, 15) is 20.0 Å². The number of carboxylic acid groups (broad SMARTS) is 1. The van der Waals surface area contributed by atoms with Gasteiger partial charge in [-0.3, -0.25) is 10.1 Å². The summed E-state index contributed by atoms with van der Waals surface area (Å²) in [5.41, 5.74) is -1.75. The number of anilines is 1. The highest BCUT2D eigenvalue weighted by Gasteiger charge is 2.34. The summed E-state index contributed by atoms with van der Waals surface area (Å²) in [6, 6.07) is 2.81. The Morgan fingerprint density at radius 1 is 1.70 bits per heavy atom. The molecule has 0 fully saturated rings. The number of hydrogen-bond acceptors (Lipinski definition) is 6. The third kappa shape index (κ3) is 3.20. The predicted molar refractivity (Wildman–Crippen MR) is 70.2 cm³/mol. The summed E-state index contributed by atoms with van der Waals surface area (Å²) in [6.07, 6.45) is 2.02. The van der Waals surface area contributed by atoms with Crippen LogP contribution in [-0.2, 0) is 4.79 Å². The maximum atomic E-state index is 11.3. The number of nitrogens with one attached hydrogen (secondary N) is 1. The largest absolute Gasteiger partial charge is 0.480 e. The van der Waals surface area contributed by atoms with Gasteiger partial charge in [-0.05, 0) is 13.3 Å². The normalized spacial score (nSPS) is 13.1. The summed E-state index contributed by atoms with van der Waals surface area (Å²) in [5.74, 6) is -1.29. The van der Waals surface area contributed by atoms with E-state index < -0.39 is 22.1 Å². The van der Waals surface area contributed by atoms with E-state index in [1.165, 1.54) is 6.92 Å². The van der Waals surface area contributed by atoms with Crippen LogP contribution in [0.1, 0.15) is 32.3 Å². The average Bonchev–Trinajstić information content (AvgIpc) is 2.39. The van der Waals surface area contributed by atoms with Crippen molar-refractivity contribution in [2.45, 2.75) is 32.2 Å². The molecule has 0 aliphatic rings. The summed E-state index contributed by atoms with van der Waals surface area (Å²) >= 11 is 0. The van der Waals surface area contributed by atoms with Gasteiger partial charge in [-0.25, -0.2) is 9.78 Å². The molecule has 1 atom stereocenters. The van der Waals surface area contributed by atoms with Crippen LogP contribution in [-0.4, -0.2) is 26.5 Å². The molecule has 1 aromatic rings. The molecule has 0 aliphatic carbocycles. The Hall–Kier alpha value is -2.69. The number of hydrogen-bond donors (Lipinski definition) is 2. The zero-order valence-corrected chi connectivity index (χ0v) is 11.1. The van der Waals surface area contributed by atoms with Crippen molar-refractivity contribution in [1.82, 2.24) is 4.98 Å². The Balaban J connectivity index is 3.23. The minimum absolute atomic E-state index is 0.0368. The molecular formula is C12H14N4O4. The van der Waals surface area contributed by atoms with Crippen molar-refractivity contribution in [3.05, 3.63) is 27.9 Å². The van der Waals surface area contributed by atoms with Crippen LogP contribution in [0.15, 0.2) is 12.3 Å². The Morgan fingerprint density at radius 3 is 2.80 bits per heavy atom. The molecule has 0 saturated heterocycles. The van der Waals surface area contributed by atoms with E-state index in [2.05, 4.69) is 10.3 Å². The molecule has 1 rings (SSSR count). The number of pyridine rings is 1. The van der Waals surface area contributed by atoms with Gasteiger partial charge >= 0.3 is 11.7 Å². The fourth-order valence-electron chi connectivity index (χ4n) is 1.73. The molecule has 0 aromatic carbocycles. The highest BCUT2D eigenvalue weighted by Crippen LogP contribution is 2.27. The van der Waals surface area contributed by atoms with Crippen molar-refractivity contribution >= 4 is 17.5 Å². The van der Waals surface area contributed by atoms with Crippen LogP contribution in [0, 0.1) is 21.4 Å². The van der Waals surface area contributed by atoms with Crippen LogP contribution in [0.25, 0.3) is 0 Å². The molecule has 0 aliphatic heterocycles. The fourth-order valence-corrected chi connectivity index (χ4v) is 1.73. The molecule has 2 N–H and O–H groups in total. The van der Waals surface area contributed by atoms with Gasteiger partial charge in [0.05, 0.1) is 10.5 Å². The predicted octanol–water partition coefficient (Wildman–Crippen LogP) is 1.92. The number of aliphatic carboxylic acids is 1. The highest BCUT2D eigenvalue weighted by atomic mass is 16.6. The number of carbonyl (C=O) groups is 1. The molecule has 8 nitrogen and oxygen atoms in total. The topological polar surface area (TPSA) is 129 Å². The Morgan fingerprint density at radius 2 is 2.35 bits per heavy atom. The number of carboxylic acids is 1. The molecule has 1 heterocycles. The van der Waals surface area contributed by atoms with Crippen LogP contribution in [0.5, 0.6) is 0 Å². The van der Waals surface area contributed by atoms with Gasteiger partial charge in [0.15, 0.2) is 0 Å². The van der Waals surface area contributed by atoms with E-state index in [-0.39, 0.29) is 17.8 Å². The molecule has 20 heavy (non-hydrogen) atoms. The van der Waals surface area contributed by atoms with Crippen LogP contribution >= 0.6 is 0 Å². The SMILES string of the molecule is CCCC(C)(Nc1ncc(C#N)cc1[N+](=O)[O-])C(=O)O. The first-order valence-corrected chi connectivity index (χ1v) is 5.90. The minimum atomic E-state index is -1.36. The molecule has 8 heteroatoms. The zero-order valence-electron chi connectivity index (χ0n) is 11.1. The zero-order chi connectivity index (χ0) is 15.3. The van der Waals surface area contributed by atoms with Crippen molar-refractivity contribution in [1.29, 1.82) is 5.26 Å². The van der Waals surface area contributed by atoms with E-state index in [1.807, 2.05) is 6.92 Å². The number of rotatable bonds is 6. The van der Waals surface area contributed by atoms with Gasteiger partial charge in [-0.2, -0.15) is 5.26 Å². The van der Waals surface area contributed by atoms with Crippen molar-refractivity contribution in [2.75, 3.05) is 5.32 Å². The lowest BCUT2D eigenvalue weighted by Gasteiger charge is -2.26. The van der Waals surface area contributed by atoms with E-state index in [0.29, 0.717) is 6.42 Å². The minimum Gasteiger partial charge on any atom is -0.480 e. The van der Waals surface area contributed by atoms with E-state index in [0.717, 1.165) is 12.3 Å². The second-order valence-corrected chi connectivity index (χ2v) is 4.47. The highest BCUT2D eigenvalue weighted by molar-refractivity contribution is 5.82. The van der Waals surface area contributed by atoms with Crippen LogP contribution < -0.4 is 5.32 Å². The lowest BCUT2D eigenvalue weighted by molar-refractivity contribution is -0.384. The number of nitriles is 1. The maximum absolute atomic E-state index is 11.3. The standard InChI is InChI=1S/C12H14N4O4/c1-3-4-12(2,11(17)18)15-10-9(16(19)20)5-8(6-13)7-14-10/h5,7H,3-4H2,1-2H3,(H,14,15)(H,17,18). The van der Waals surface area contributed by atoms with E-state index >= 15 is 0 Å². The first kappa shape index (κ1) is 15.4. The fraction of sp³-hybridized carbons (Fsp3) is 0.417. The third-order valence-electron chi connectivity index (χ3n) is 2.81. The summed E-state index contributed by atoms with van der Waals surface area (Å²) in [6.45, 7) is 3.24. The summed E-state index contributed by atoms with van der Waals surface area (Å²) < 4.78 is 0. The smallest absolute Gasteiger partial charge is 0.329 e. The summed E-state index contributed by atoms with van der Waals surface area (Å²) in [4.78, 5) is 25.4. The number of nitrogens with zero attached hydrogens (tertiary/aromatic N) is 3. The van der Waals surface area contributed by atoms with Gasteiger partial charge in [0.2, 0.25) is 5.82 Å². The van der Waals surface area contributed by atoms with Crippen LogP contribution in [0.2, 0.25) is 0 Å². The van der Waals surface area contributed by atoms with Crippen molar-refractivity contribution in [2.24, 2.45) is 0 Å². The average molecular weight is 278 g/mol. The first-order valence-electron chi connectivity index (χ1n) is 5.90. The Bertz CT molecular complexity index is 581. The lowest BCUT2D eigenvalue weighted by atomic mass is 9.96.